The van der Waals surface area contributed by atoms with E-state index in [0.29, 0.717) is 17.5 Å². The fourth-order valence-corrected chi connectivity index (χ4v) is 3.21. The molecule has 1 N–H and O–H groups in total. The number of aryl methyl sites for hydroxylation is 1. The molecule has 0 spiro atoms. The predicted molar refractivity (Wildman–Crippen MR) is 77.8 cm³/mol. The minimum atomic E-state index is -0.0968. The van der Waals surface area contributed by atoms with Crippen molar-refractivity contribution in [3.05, 3.63) is 29.8 Å². The number of carbonyl (C=O) groups is 1. The van der Waals surface area contributed by atoms with E-state index in [1.54, 1.807) is 0 Å². The number of anilines is 1. The number of amides is 2. The summed E-state index contributed by atoms with van der Waals surface area (Å²) in [5, 5.41) is 3.40. The van der Waals surface area contributed by atoms with Crippen LogP contribution in [0.3, 0.4) is 0 Å². The lowest BCUT2D eigenvalue weighted by atomic mass is 10.1. The summed E-state index contributed by atoms with van der Waals surface area (Å²) in [7, 11) is 0. The SMILES string of the molecule is CC[C@H]1c2cccn2CCN1C(=O)Nc1nc(C)ns1. The zero-order valence-electron chi connectivity index (χ0n) is 11.5. The Morgan fingerprint density at radius 1 is 1.55 bits per heavy atom. The number of rotatable bonds is 2. The average molecular weight is 291 g/mol. The summed E-state index contributed by atoms with van der Waals surface area (Å²) in [6.45, 7) is 5.46. The first-order valence-electron chi connectivity index (χ1n) is 6.72. The molecule has 1 aliphatic rings. The van der Waals surface area contributed by atoms with E-state index in [9.17, 15) is 4.79 Å². The van der Waals surface area contributed by atoms with Crippen LogP contribution in [0.2, 0.25) is 0 Å². The quantitative estimate of drug-likeness (QED) is 0.925. The van der Waals surface area contributed by atoms with Crippen LogP contribution in [0, 0.1) is 6.92 Å². The topological polar surface area (TPSA) is 63.1 Å². The smallest absolute Gasteiger partial charge is 0.324 e. The van der Waals surface area contributed by atoms with Crippen LogP contribution in [0.5, 0.6) is 0 Å². The summed E-state index contributed by atoms with van der Waals surface area (Å²) in [5.74, 6) is 0.685. The van der Waals surface area contributed by atoms with E-state index >= 15 is 0 Å². The van der Waals surface area contributed by atoms with E-state index < -0.39 is 0 Å². The summed E-state index contributed by atoms with van der Waals surface area (Å²) in [4.78, 5) is 18.5. The lowest BCUT2D eigenvalue weighted by molar-refractivity contribution is 0.166. The summed E-state index contributed by atoms with van der Waals surface area (Å²) in [6.07, 6.45) is 2.97. The molecule has 2 amide bonds. The summed E-state index contributed by atoms with van der Waals surface area (Å²) in [6, 6.07) is 4.14. The molecular weight excluding hydrogens is 274 g/mol. The Hall–Kier alpha value is -1.89. The number of urea groups is 1. The summed E-state index contributed by atoms with van der Waals surface area (Å²) >= 11 is 1.21. The van der Waals surface area contributed by atoms with E-state index in [1.807, 2.05) is 17.9 Å². The van der Waals surface area contributed by atoms with Crippen molar-refractivity contribution in [1.82, 2.24) is 18.8 Å². The van der Waals surface area contributed by atoms with Gasteiger partial charge >= 0.3 is 6.03 Å². The fraction of sp³-hybridized carbons (Fsp3) is 0.462. The van der Waals surface area contributed by atoms with Gasteiger partial charge in [0.05, 0.1) is 6.04 Å². The van der Waals surface area contributed by atoms with Crippen LogP contribution in [-0.2, 0) is 6.54 Å². The van der Waals surface area contributed by atoms with Crippen molar-refractivity contribution in [2.24, 2.45) is 0 Å². The minimum Gasteiger partial charge on any atom is -0.348 e. The predicted octanol–water partition coefficient (Wildman–Crippen LogP) is 2.65. The highest BCUT2D eigenvalue weighted by atomic mass is 32.1. The Balaban J connectivity index is 1.78. The third-order valence-electron chi connectivity index (χ3n) is 3.55. The van der Waals surface area contributed by atoms with Gasteiger partial charge in [-0.25, -0.2) is 9.78 Å². The first kappa shape index (κ1) is 13.1. The third-order valence-corrected chi connectivity index (χ3v) is 4.27. The second-order valence-corrected chi connectivity index (χ2v) is 5.57. The number of aromatic nitrogens is 3. The molecule has 0 unspecified atom stereocenters. The molecule has 0 aliphatic carbocycles. The van der Waals surface area contributed by atoms with Crippen LogP contribution in [0.4, 0.5) is 9.93 Å². The number of hydrogen-bond donors (Lipinski definition) is 1. The van der Waals surface area contributed by atoms with E-state index in [0.717, 1.165) is 13.0 Å². The molecule has 3 heterocycles. The molecular formula is C13H17N5OS. The molecule has 7 heteroatoms. The maximum atomic E-state index is 12.4. The van der Waals surface area contributed by atoms with Gasteiger partial charge in [0, 0.05) is 36.5 Å². The monoisotopic (exact) mass is 291 g/mol. The number of hydrogen-bond acceptors (Lipinski definition) is 4. The molecule has 0 radical (unpaired) electrons. The van der Waals surface area contributed by atoms with Gasteiger partial charge in [-0.15, -0.1) is 0 Å². The van der Waals surface area contributed by atoms with Crippen molar-refractivity contribution in [1.29, 1.82) is 0 Å². The van der Waals surface area contributed by atoms with Crippen molar-refractivity contribution < 1.29 is 4.79 Å². The highest BCUT2D eigenvalue weighted by Gasteiger charge is 2.29. The standard InChI is InChI=1S/C13H17N5OS/c1-3-10-11-5-4-6-17(11)7-8-18(10)13(19)15-12-14-9(2)16-20-12/h4-6,10H,3,7-8H2,1-2H3,(H,14,15,16,19)/t10-/m0/s1. The maximum Gasteiger partial charge on any atom is 0.324 e. The van der Waals surface area contributed by atoms with Crippen molar-refractivity contribution in [2.75, 3.05) is 11.9 Å². The van der Waals surface area contributed by atoms with Gasteiger partial charge in [0.2, 0.25) is 5.13 Å². The number of fused-ring (bicyclic) bond motifs is 1. The van der Waals surface area contributed by atoms with Crippen molar-refractivity contribution in [3.8, 4) is 0 Å². The fourth-order valence-electron chi connectivity index (χ4n) is 2.65. The molecule has 1 atom stereocenters. The van der Waals surface area contributed by atoms with Gasteiger partial charge in [-0.05, 0) is 25.5 Å². The Morgan fingerprint density at radius 3 is 3.10 bits per heavy atom. The second kappa shape index (κ2) is 5.24. The first-order chi connectivity index (χ1) is 9.69. The average Bonchev–Trinajstić information content (AvgIpc) is 3.06. The summed E-state index contributed by atoms with van der Waals surface area (Å²) in [5.41, 5.74) is 1.20. The molecule has 3 rings (SSSR count). The highest BCUT2D eigenvalue weighted by Crippen LogP contribution is 2.29. The Bertz CT molecular complexity index is 620. The lowest BCUT2D eigenvalue weighted by Crippen LogP contribution is -2.43. The molecule has 0 saturated carbocycles. The Labute approximate surface area is 121 Å². The van der Waals surface area contributed by atoms with E-state index in [2.05, 4.69) is 38.4 Å². The van der Waals surface area contributed by atoms with Crippen molar-refractivity contribution in [2.45, 2.75) is 32.9 Å². The zero-order valence-corrected chi connectivity index (χ0v) is 12.4. The largest absolute Gasteiger partial charge is 0.348 e. The Morgan fingerprint density at radius 2 is 2.40 bits per heavy atom. The normalized spacial score (nSPS) is 17.9. The molecule has 0 bridgehead atoms. The van der Waals surface area contributed by atoms with Crippen LogP contribution < -0.4 is 5.32 Å². The van der Waals surface area contributed by atoms with Crippen LogP contribution >= 0.6 is 11.5 Å². The van der Waals surface area contributed by atoms with Gasteiger partial charge < -0.3 is 9.47 Å². The third kappa shape index (κ3) is 2.29. The number of carbonyl (C=O) groups excluding carboxylic acids is 1. The van der Waals surface area contributed by atoms with Gasteiger partial charge in [0.25, 0.3) is 0 Å². The molecule has 20 heavy (non-hydrogen) atoms. The molecule has 6 nitrogen and oxygen atoms in total. The Kier molecular flexibility index (Phi) is 3.43. The van der Waals surface area contributed by atoms with Crippen molar-refractivity contribution >= 4 is 22.7 Å². The van der Waals surface area contributed by atoms with E-state index in [-0.39, 0.29) is 12.1 Å². The van der Waals surface area contributed by atoms with Crippen LogP contribution in [0.1, 0.15) is 30.9 Å². The van der Waals surface area contributed by atoms with Crippen LogP contribution in [0.25, 0.3) is 0 Å². The molecule has 0 saturated heterocycles. The minimum absolute atomic E-state index is 0.0968. The van der Waals surface area contributed by atoms with Gasteiger partial charge in [0.1, 0.15) is 5.82 Å². The van der Waals surface area contributed by atoms with E-state index in [4.69, 9.17) is 0 Å². The molecule has 106 valence electrons. The number of nitrogens with one attached hydrogen (secondary N) is 1. The molecule has 0 aromatic carbocycles. The first-order valence-corrected chi connectivity index (χ1v) is 7.49. The zero-order chi connectivity index (χ0) is 14.1. The molecule has 0 fully saturated rings. The molecule has 2 aromatic heterocycles. The highest BCUT2D eigenvalue weighted by molar-refractivity contribution is 7.09. The van der Waals surface area contributed by atoms with Crippen LogP contribution in [-0.4, -0.2) is 31.4 Å². The van der Waals surface area contributed by atoms with Gasteiger partial charge in [0.15, 0.2) is 0 Å². The molecule has 2 aromatic rings. The van der Waals surface area contributed by atoms with Crippen molar-refractivity contribution in [3.63, 3.8) is 0 Å². The molecule has 1 aliphatic heterocycles. The van der Waals surface area contributed by atoms with Gasteiger partial charge in [-0.2, -0.15) is 4.37 Å². The van der Waals surface area contributed by atoms with Crippen LogP contribution in [0.15, 0.2) is 18.3 Å². The van der Waals surface area contributed by atoms with E-state index in [1.165, 1.54) is 17.2 Å². The second-order valence-electron chi connectivity index (χ2n) is 4.82. The van der Waals surface area contributed by atoms with Gasteiger partial charge in [-0.1, -0.05) is 6.92 Å². The number of nitrogens with zero attached hydrogens (tertiary/aromatic N) is 4. The van der Waals surface area contributed by atoms with Gasteiger partial charge in [-0.3, -0.25) is 5.32 Å². The lowest BCUT2D eigenvalue weighted by Gasteiger charge is -2.36. The maximum absolute atomic E-state index is 12.4. The summed E-state index contributed by atoms with van der Waals surface area (Å²) < 4.78 is 6.29.